The Hall–Kier alpha value is -3.11. The number of H-pyrrole nitrogens is 1. The van der Waals surface area contributed by atoms with E-state index in [2.05, 4.69) is 15.3 Å². The Morgan fingerprint density at radius 1 is 1.00 bits per heavy atom. The first-order chi connectivity index (χ1) is 12.2. The summed E-state index contributed by atoms with van der Waals surface area (Å²) < 4.78 is 0. The van der Waals surface area contributed by atoms with Gasteiger partial charge in [-0.25, -0.2) is 4.98 Å². The first kappa shape index (κ1) is 15.4. The molecule has 0 aliphatic heterocycles. The Labute approximate surface area is 149 Å². The highest BCUT2D eigenvalue weighted by Gasteiger charge is 2.13. The zero-order valence-corrected chi connectivity index (χ0v) is 13.9. The van der Waals surface area contributed by atoms with Crippen LogP contribution in [0.25, 0.3) is 22.2 Å². The number of aromatic nitrogens is 2. The highest BCUT2D eigenvalue weighted by molar-refractivity contribution is 6.30. The molecular formula is C20H14ClN3O. The minimum atomic E-state index is -0.164. The fraction of sp³-hybridized carbons (Fsp3) is 0. The topological polar surface area (TPSA) is 57.8 Å². The molecule has 3 aromatic carbocycles. The van der Waals surface area contributed by atoms with E-state index in [-0.39, 0.29) is 5.91 Å². The van der Waals surface area contributed by atoms with Crippen LogP contribution in [0.4, 0.5) is 5.69 Å². The van der Waals surface area contributed by atoms with Crippen LogP contribution in [0.5, 0.6) is 0 Å². The largest absolute Gasteiger partial charge is 0.345 e. The van der Waals surface area contributed by atoms with E-state index in [1.165, 1.54) is 0 Å². The second-order valence-corrected chi connectivity index (χ2v) is 6.08. The third-order valence-corrected chi connectivity index (χ3v) is 4.26. The third kappa shape index (κ3) is 3.12. The number of nitrogens with zero attached hydrogens (tertiary/aromatic N) is 1. The Balaban J connectivity index is 1.70. The number of anilines is 1. The monoisotopic (exact) mass is 347 g/mol. The number of nitrogens with one attached hydrogen (secondary N) is 2. The molecule has 0 unspecified atom stereocenters. The van der Waals surface area contributed by atoms with Gasteiger partial charge >= 0.3 is 0 Å². The van der Waals surface area contributed by atoms with Crippen LogP contribution in [-0.4, -0.2) is 15.9 Å². The van der Waals surface area contributed by atoms with Gasteiger partial charge in [-0.05, 0) is 53.6 Å². The van der Waals surface area contributed by atoms with E-state index in [0.29, 0.717) is 16.3 Å². The maximum absolute atomic E-state index is 12.7. The predicted octanol–water partition coefficient (Wildman–Crippen LogP) is 5.14. The maximum Gasteiger partial charge on any atom is 0.256 e. The fourth-order valence-electron chi connectivity index (χ4n) is 2.77. The lowest BCUT2D eigenvalue weighted by Crippen LogP contribution is -2.13. The molecule has 0 aliphatic carbocycles. The molecule has 1 heterocycles. The van der Waals surface area contributed by atoms with Crippen molar-refractivity contribution in [1.29, 1.82) is 0 Å². The highest BCUT2D eigenvalue weighted by atomic mass is 35.5. The van der Waals surface area contributed by atoms with Crippen LogP contribution in [0.3, 0.4) is 0 Å². The van der Waals surface area contributed by atoms with Crippen LogP contribution in [0.2, 0.25) is 5.02 Å². The normalized spacial score (nSPS) is 10.8. The standard InChI is InChI=1S/C20H14ClN3O/c21-14-6-8-15(9-7-14)24-20(25)17-4-2-1-3-16(17)13-5-10-18-19(11-13)23-12-22-18/h1-12H,(H,22,23)(H,24,25). The van der Waals surface area contributed by atoms with Crippen LogP contribution < -0.4 is 5.32 Å². The number of halogens is 1. The van der Waals surface area contributed by atoms with Gasteiger partial charge in [0.25, 0.3) is 5.91 Å². The quantitative estimate of drug-likeness (QED) is 0.539. The number of aromatic amines is 1. The molecule has 0 atom stereocenters. The molecule has 0 saturated carbocycles. The smallest absolute Gasteiger partial charge is 0.256 e. The molecule has 0 saturated heterocycles. The molecular weight excluding hydrogens is 334 g/mol. The molecule has 1 aromatic heterocycles. The summed E-state index contributed by atoms with van der Waals surface area (Å²) in [6.45, 7) is 0. The number of benzene rings is 3. The van der Waals surface area contributed by atoms with E-state index in [1.54, 1.807) is 30.6 Å². The van der Waals surface area contributed by atoms with Crippen molar-refractivity contribution in [2.75, 3.05) is 5.32 Å². The van der Waals surface area contributed by atoms with Crippen molar-refractivity contribution in [2.45, 2.75) is 0 Å². The second-order valence-electron chi connectivity index (χ2n) is 5.64. The minimum absolute atomic E-state index is 0.164. The van der Waals surface area contributed by atoms with Gasteiger partial charge < -0.3 is 10.3 Å². The number of rotatable bonds is 3. The maximum atomic E-state index is 12.7. The predicted molar refractivity (Wildman–Crippen MR) is 101 cm³/mol. The summed E-state index contributed by atoms with van der Waals surface area (Å²) in [6.07, 6.45) is 1.66. The lowest BCUT2D eigenvalue weighted by atomic mass is 9.98. The summed E-state index contributed by atoms with van der Waals surface area (Å²) in [5.74, 6) is -0.164. The van der Waals surface area contributed by atoms with Crippen LogP contribution in [0.15, 0.2) is 73.1 Å². The van der Waals surface area contributed by atoms with Gasteiger partial charge in [0.2, 0.25) is 0 Å². The van der Waals surface area contributed by atoms with E-state index in [9.17, 15) is 4.79 Å². The summed E-state index contributed by atoms with van der Waals surface area (Å²) >= 11 is 5.89. The van der Waals surface area contributed by atoms with Crippen molar-refractivity contribution in [1.82, 2.24) is 9.97 Å². The zero-order chi connectivity index (χ0) is 17.2. The van der Waals surface area contributed by atoms with Gasteiger partial charge in [0.1, 0.15) is 0 Å². The lowest BCUT2D eigenvalue weighted by Gasteiger charge is -2.11. The number of carbonyl (C=O) groups excluding carboxylic acids is 1. The number of fused-ring (bicyclic) bond motifs is 1. The van der Waals surface area contributed by atoms with Crippen LogP contribution >= 0.6 is 11.6 Å². The summed E-state index contributed by atoms with van der Waals surface area (Å²) in [5.41, 5.74) is 4.96. The van der Waals surface area contributed by atoms with Crippen LogP contribution in [0, 0.1) is 0 Å². The van der Waals surface area contributed by atoms with E-state index < -0.39 is 0 Å². The van der Waals surface area contributed by atoms with Crippen LogP contribution in [-0.2, 0) is 0 Å². The first-order valence-corrected chi connectivity index (χ1v) is 8.18. The van der Waals surface area contributed by atoms with Crippen molar-refractivity contribution < 1.29 is 4.79 Å². The fourth-order valence-corrected chi connectivity index (χ4v) is 2.89. The van der Waals surface area contributed by atoms with Gasteiger partial charge in [-0.15, -0.1) is 0 Å². The van der Waals surface area contributed by atoms with Gasteiger partial charge in [-0.1, -0.05) is 35.9 Å². The lowest BCUT2D eigenvalue weighted by molar-refractivity contribution is 0.102. The van der Waals surface area contributed by atoms with E-state index >= 15 is 0 Å². The Kier molecular flexibility index (Phi) is 3.96. The summed E-state index contributed by atoms with van der Waals surface area (Å²) in [4.78, 5) is 20.1. The number of hydrogen-bond acceptors (Lipinski definition) is 2. The molecule has 122 valence electrons. The molecule has 0 fully saturated rings. The third-order valence-electron chi connectivity index (χ3n) is 4.01. The number of carbonyl (C=O) groups is 1. The number of imidazole rings is 1. The van der Waals surface area contributed by atoms with E-state index in [1.807, 2.05) is 42.5 Å². The summed E-state index contributed by atoms with van der Waals surface area (Å²) in [5, 5.41) is 3.54. The summed E-state index contributed by atoms with van der Waals surface area (Å²) in [6, 6.07) is 20.5. The molecule has 5 heteroatoms. The van der Waals surface area contributed by atoms with Gasteiger partial charge in [-0.3, -0.25) is 4.79 Å². The molecule has 0 bridgehead atoms. The molecule has 2 N–H and O–H groups in total. The van der Waals surface area contributed by atoms with Crippen molar-refractivity contribution in [3.63, 3.8) is 0 Å². The molecule has 0 spiro atoms. The minimum Gasteiger partial charge on any atom is -0.345 e. The molecule has 4 aromatic rings. The van der Waals surface area contributed by atoms with Gasteiger partial charge in [0.15, 0.2) is 0 Å². The second kappa shape index (κ2) is 6.42. The van der Waals surface area contributed by atoms with Gasteiger partial charge in [0.05, 0.1) is 17.4 Å². The Morgan fingerprint density at radius 3 is 2.64 bits per heavy atom. The Morgan fingerprint density at radius 2 is 1.80 bits per heavy atom. The molecule has 0 aliphatic rings. The van der Waals surface area contributed by atoms with Gasteiger partial charge in [-0.2, -0.15) is 0 Å². The molecule has 4 nitrogen and oxygen atoms in total. The molecule has 0 radical (unpaired) electrons. The van der Waals surface area contributed by atoms with E-state index in [0.717, 1.165) is 22.2 Å². The molecule has 25 heavy (non-hydrogen) atoms. The summed E-state index contributed by atoms with van der Waals surface area (Å²) in [7, 11) is 0. The van der Waals surface area contributed by atoms with Gasteiger partial charge in [0, 0.05) is 16.3 Å². The highest BCUT2D eigenvalue weighted by Crippen LogP contribution is 2.27. The number of hydrogen-bond donors (Lipinski definition) is 2. The van der Waals surface area contributed by atoms with Crippen molar-refractivity contribution in [3.8, 4) is 11.1 Å². The Bertz CT molecular complexity index is 1050. The van der Waals surface area contributed by atoms with E-state index in [4.69, 9.17) is 11.6 Å². The molecule has 1 amide bonds. The molecule has 4 rings (SSSR count). The zero-order valence-electron chi connectivity index (χ0n) is 13.2. The number of amides is 1. The van der Waals surface area contributed by atoms with Crippen molar-refractivity contribution in [3.05, 3.63) is 83.6 Å². The SMILES string of the molecule is O=C(Nc1ccc(Cl)cc1)c1ccccc1-c1ccc2nc[nH]c2c1. The average Bonchev–Trinajstić information content (AvgIpc) is 3.11. The first-order valence-electron chi connectivity index (χ1n) is 7.80. The van der Waals surface area contributed by atoms with Crippen molar-refractivity contribution in [2.24, 2.45) is 0 Å². The average molecular weight is 348 g/mol. The van der Waals surface area contributed by atoms with Crippen molar-refractivity contribution >= 4 is 34.2 Å². The van der Waals surface area contributed by atoms with Crippen LogP contribution in [0.1, 0.15) is 10.4 Å².